The highest BCUT2D eigenvalue weighted by Gasteiger charge is 2.46. The molecule has 2 fully saturated rings. The Balaban J connectivity index is 1.81. The average Bonchev–Trinajstić information content (AvgIpc) is 2.97. The summed E-state index contributed by atoms with van der Waals surface area (Å²) in [6.07, 6.45) is 6.91. The Labute approximate surface area is 104 Å². The predicted octanol–water partition coefficient (Wildman–Crippen LogP) is 1.02. The van der Waals surface area contributed by atoms with Crippen molar-refractivity contribution in [3.8, 4) is 0 Å². The van der Waals surface area contributed by atoms with Gasteiger partial charge in [-0.05, 0) is 37.8 Å². The summed E-state index contributed by atoms with van der Waals surface area (Å²) >= 11 is 0. The van der Waals surface area contributed by atoms with E-state index in [4.69, 9.17) is 0 Å². The first-order valence-corrected chi connectivity index (χ1v) is 6.05. The summed E-state index contributed by atoms with van der Waals surface area (Å²) in [5, 5.41) is 3.94. The van der Waals surface area contributed by atoms with Crippen molar-refractivity contribution in [1.29, 1.82) is 0 Å². The van der Waals surface area contributed by atoms with Crippen LogP contribution in [-0.4, -0.2) is 27.6 Å². The lowest BCUT2D eigenvalue weighted by Crippen LogP contribution is -2.49. The first-order chi connectivity index (χ1) is 8.70. The van der Waals surface area contributed by atoms with Gasteiger partial charge in [0.05, 0.1) is 0 Å². The fourth-order valence-electron chi connectivity index (χ4n) is 2.54. The fraction of sp³-hybridized carbons (Fsp3) is 0.417. The van der Waals surface area contributed by atoms with E-state index in [0.29, 0.717) is 5.56 Å². The molecule has 18 heavy (non-hydrogen) atoms. The van der Waals surface area contributed by atoms with Crippen LogP contribution in [0.4, 0.5) is 4.79 Å². The standard InChI is InChI=1S/C12H14N4O2/c17-10(9-3-7-13-8-4-9)16-11(18)14-12(15-16)5-1-2-6-12/h3-4,7-8,15H,1-2,5-6H2,(H,14,18). The fourth-order valence-corrected chi connectivity index (χ4v) is 2.54. The van der Waals surface area contributed by atoms with E-state index < -0.39 is 5.66 Å². The van der Waals surface area contributed by atoms with Gasteiger partial charge in [-0.1, -0.05) is 0 Å². The largest absolute Gasteiger partial charge is 0.340 e. The van der Waals surface area contributed by atoms with Crippen LogP contribution in [0.15, 0.2) is 24.5 Å². The molecule has 0 radical (unpaired) electrons. The molecule has 0 unspecified atom stereocenters. The Morgan fingerprint density at radius 2 is 1.94 bits per heavy atom. The van der Waals surface area contributed by atoms with Crippen LogP contribution in [0.5, 0.6) is 0 Å². The number of nitrogens with one attached hydrogen (secondary N) is 2. The number of amides is 3. The molecule has 1 aliphatic heterocycles. The van der Waals surface area contributed by atoms with Crippen LogP contribution in [0, 0.1) is 0 Å². The molecule has 1 saturated heterocycles. The number of pyridine rings is 1. The summed E-state index contributed by atoms with van der Waals surface area (Å²) in [5.74, 6) is -0.348. The highest BCUT2D eigenvalue weighted by Crippen LogP contribution is 2.30. The second-order valence-corrected chi connectivity index (χ2v) is 4.71. The van der Waals surface area contributed by atoms with Gasteiger partial charge in [-0.2, -0.15) is 10.4 Å². The molecule has 94 valence electrons. The van der Waals surface area contributed by atoms with Gasteiger partial charge in [0, 0.05) is 18.0 Å². The zero-order chi connectivity index (χ0) is 12.6. The lowest BCUT2D eigenvalue weighted by molar-refractivity contribution is 0.0730. The minimum absolute atomic E-state index is 0.348. The lowest BCUT2D eigenvalue weighted by Gasteiger charge is -2.23. The summed E-state index contributed by atoms with van der Waals surface area (Å²) in [7, 11) is 0. The summed E-state index contributed by atoms with van der Waals surface area (Å²) in [6, 6.07) is 2.81. The van der Waals surface area contributed by atoms with Crippen LogP contribution < -0.4 is 10.7 Å². The van der Waals surface area contributed by atoms with Crippen molar-refractivity contribution < 1.29 is 9.59 Å². The number of hydrogen-bond acceptors (Lipinski definition) is 4. The number of carbonyl (C=O) groups is 2. The zero-order valence-electron chi connectivity index (χ0n) is 9.85. The minimum Gasteiger partial charge on any atom is -0.317 e. The number of aromatic nitrogens is 1. The van der Waals surface area contributed by atoms with Gasteiger partial charge in [-0.3, -0.25) is 9.78 Å². The van der Waals surface area contributed by atoms with E-state index in [0.717, 1.165) is 30.7 Å². The molecule has 1 aromatic heterocycles. The Morgan fingerprint density at radius 3 is 2.61 bits per heavy atom. The molecule has 6 nitrogen and oxygen atoms in total. The van der Waals surface area contributed by atoms with Gasteiger partial charge in [0.2, 0.25) is 0 Å². The third-order valence-corrected chi connectivity index (χ3v) is 3.46. The van der Waals surface area contributed by atoms with E-state index in [1.54, 1.807) is 12.1 Å². The maximum Gasteiger partial charge on any atom is 0.340 e. The number of imide groups is 1. The third-order valence-electron chi connectivity index (χ3n) is 3.46. The first-order valence-electron chi connectivity index (χ1n) is 6.05. The third kappa shape index (κ3) is 1.74. The van der Waals surface area contributed by atoms with Crippen LogP contribution in [-0.2, 0) is 0 Å². The Kier molecular flexibility index (Phi) is 2.52. The molecular weight excluding hydrogens is 232 g/mol. The van der Waals surface area contributed by atoms with Gasteiger partial charge >= 0.3 is 6.03 Å². The smallest absolute Gasteiger partial charge is 0.317 e. The Morgan fingerprint density at radius 1 is 1.28 bits per heavy atom. The van der Waals surface area contributed by atoms with Crippen molar-refractivity contribution in [3.63, 3.8) is 0 Å². The van der Waals surface area contributed by atoms with Crippen LogP contribution in [0.1, 0.15) is 36.0 Å². The molecule has 0 aromatic carbocycles. The second kappa shape index (κ2) is 4.06. The van der Waals surface area contributed by atoms with Gasteiger partial charge in [0.1, 0.15) is 5.66 Å². The maximum absolute atomic E-state index is 12.2. The monoisotopic (exact) mass is 246 g/mol. The van der Waals surface area contributed by atoms with Crippen LogP contribution in [0.3, 0.4) is 0 Å². The number of hydrazine groups is 1. The molecule has 3 amide bonds. The summed E-state index contributed by atoms with van der Waals surface area (Å²) in [5.41, 5.74) is 3.05. The quantitative estimate of drug-likeness (QED) is 0.776. The van der Waals surface area contributed by atoms with Crippen LogP contribution in [0.2, 0.25) is 0 Å². The van der Waals surface area contributed by atoms with Crippen molar-refractivity contribution in [2.75, 3.05) is 0 Å². The summed E-state index contributed by atoms with van der Waals surface area (Å²) in [4.78, 5) is 27.9. The molecule has 1 aliphatic carbocycles. The highest BCUT2D eigenvalue weighted by molar-refractivity contribution is 6.04. The molecular formula is C12H14N4O2. The number of rotatable bonds is 1. The summed E-state index contributed by atoms with van der Waals surface area (Å²) < 4.78 is 0. The molecule has 0 atom stereocenters. The first kappa shape index (κ1) is 11.2. The molecule has 1 saturated carbocycles. The molecule has 6 heteroatoms. The summed E-state index contributed by atoms with van der Waals surface area (Å²) in [6.45, 7) is 0. The van der Waals surface area contributed by atoms with E-state index >= 15 is 0 Å². The number of urea groups is 1. The van der Waals surface area contributed by atoms with Crippen molar-refractivity contribution in [2.45, 2.75) is 31.3 Å². The maximum atomic E-state index is 12.2. The topological polar surface area (TPSA) is 74.3 Å². The normalized spacial score (nSPS) is 21.3. The lowest BCUT2D eigenvalue weighted by atomic mass is 10.1. The van der Waals surface area contributed by atoms with Crippen LogP contribution in [0.25, 0.3) is 0 Å². The second-order valence-electron chi connectivity index (χ2n) is 4.71. The molecule has 3 rings (SSSR count). The Hall–Kier alpha value is -1.95. The van der Waals surface area contributed by atoms with Crippen LogP contribution >= 0.6 is 0 Å². The van der Waals surface area contributed by atoms with E-state index in [1.165, 1.54) is 12.4 Å². The van der Waals surface area contributed by atoms with Gasteiger partial charge < -0.3 is 5.32 Å². The van der Waals surface area contributed by atoms with E-state index in [9.17, 15) is 9.59 Å². The molecule has 2 heterocycles. The van der Waals surface area contributed by atoms with Crippen molar-refractivity contribution in [1.82, 2.24) is 20.7 Å². The van der Waals surface area contributed by atoms with Crippen molar-refractivity contribution in [2.24, 2.45) is 0 Å². The van der Waals surface area contributed by atoms with Gasteiger partial charge in [0.15, 0.2) is 0 Å². The van der Waals surface area contributed by atoms with Gasteiger partial charge in [-0.25, -0.2) is 4.79 Å². The molecule has 1 aromatic rings. The number of carbonyl (C=O) groups excluding carboxylic acids is 2. The molecule has 0 bridgehead atoms. The van der Waals surface area contributed by atoms with Gasteiger partial charge in [0.25, 0.3) is 5.91 Å². The highest BCUT2D eigenvalue weighted by atomic mass is 16.2. The minimum atomic E-state index is -0.417. The van der Waals surface area contributed by atoms with Gasteiger partial charge in [-0.15, -0.1) is 0 Å². The van der Waals surface area contributed by atoms with E-state index in [2.05, 4.69) is 15.7 Å². The zero-order valence-corrected chi connectivity index (χ0v) is 9.85. The predicted molar refractivity (Wildman–Crippen MR) is 63.3 cm³/mol. The van der Waals surface area contributed by atoms with E-state index in [1.807, 2.05) is 0 Å². The number of nitrogens with zero attached hydrogens (tertiary/aromatic N) is 2. The van der Waals surface area contributed by atoms with E-state index in [-0.39, 0.29) is 11.9 Å². The SMILES string of the molecule is O=C1NC2(CCCC2)NN1C(=O)c1ccncc1. The average molecular weight is 246 g/mol. The molecule has 1 spiro atoms. The Bertz CT molecular complexity index is 482. The van der Waals surface area contributed by atoms with Crippen molar-refractivity contribution in [3.05, 3.63) is 30.1 Å². The molecule has 2 aliphatic rings. The molecule has 2 N–H and O–H groups in total. The van der Waals surface area contributed by atoms with Crippen molar-refractivity contribution >= 4 is 11.9 Å². The number of hydrogen-bond donors (Lipinski definition) is 2.